The predicted molar refractivity (Wildman–Crippen MR) is 119 cm³/mol. The van der Waals surface area contributed by atoms with Crippen LogP contribution < -0.4 is 0 Å². The first kappa shape index (κ1) is 20.1. The Labute approximate surface area is 177 Å². The Bertz CT molecular complexity index is 946. The summed E-state index contributed by atoms with van der Waals surface area (Å²) < 4.78 is 7.53. The fourth-order valence-corrected chi connectivity index (χ4v) is 5.50. The number of rotatable bonds is 6. The molecule has 0 bridgehead atoms. The number of nitrogens with zero attached hydrogens (tertiary/aromatic N) is 4. The normalized spacial score (nSPS) is 21.3. The van der Waals surface area contributed by atoms with Gasteiger partial charge in [0.25, 0.3) is 5.89 Å². The van der Waals surface area contributed by atoms with Gasteiger partial charge < -0.3 is 14.0 Å². The second-order valence-electron chi connectivity index (χ2n) is 8.33. The minimum absolute atomic E-state index is 0.534. The third kappa shape index (κ3) is 4.38. The third-order valence-corrected chi connectivity index (χ3v) is 7.15. The molecule has 0 radical (unpaired) electrons. The molecule has 1 unspecified atom stereocenters. The van der Waals surface area contributed by atoms with Crippen molar-refractivity contribution in [1.82, 2.24) is 19.6 Å². The van der Waals surface area contributed by atoms with E-state index < -0.39 is 0 Å². The molecule has 29 heavy (non-hydrogen) atoms. The van der Waals surface area contributed by atoms with Crippen LogP contribution in [0.5, 0.6) is 0 Å². The van der Waals surface area contributed by atoms with Crippen LogP contribution in [0.4, 0.5) is 0 Å². The molecular formula is C23H30N4OS. The molecule has 5 nitrogen and oxygen atoms in total. The number of thiophene rings is 1. The zero-order valence-corrected chi connectivity index (χ0v) is 18.5. The Morgan fingerprint density at radius 1 is 1.21 bits per heavy atom. The molecule has 0 saturated heterocycles. The summed E-state index contributed by atoms with van der Waals surface area (Å²) in [7, 11) is 6.43. The fraction of sp³-hybridized carbons (Fsp3) is 0.478. The van der Waals surface area contributed by atoms with E-state index in [4.69, 9.17) is 4.52 Å². The van der Waals surface area contributed by atoms with Gasteiger partial charge in [-0.15, -0.1) is 11.3 Å². The van der Waals surface area contributed by atoms with Crippen LogP contribution in [0.15, 0.2) is 40.2 Å². The average Bonchev–Trinajstić information content (AvgIpc) is 3.45. The van der Waals surface area contributed by atoms with Crippen LogP contribution in [0.25, 0.3) is 17.6 Å². The Hall–Kier alpha value is -2.18. The van der Waals surface area contributed by atoms with Gasteiger partial charge >= 0.3 is 0 Å². The van der Waals surface area contributed by atoms with E-state index >= 15 is 0 Å². The molecule has 0 aromatic carbocycles. The lowest BCUT2D eigenvalue weighted by atomic mass is 9.77. The van der Waals surface area contributed by atoms with Gasteiger partial charge in [-0.25, -0.2) is 0 Å². The van der Waals surface area contributed by atoms with Crippen molar-refractivity contribution in [3.63, 3.8) is 0 Å². The molecule has 1 aliphatic rings. The predicted octanol–water partition coefficient (Wildman–Crippen LogP) is 5.57. The Morgan fingerprint density at radius 2 is 2.00 bits per heavy atom. The van der Waals surface area contributed by atoms with Crippen molar-refractivity contribution in [1.29, 1.82) is 0 Å². The van der Waals surface area contributed by atoms with Crippen LogP contribution in [0, 0.1) is 18.8 Å². The SMILES string of the molecule is Cc1ccc(-c2noc(C=CC3CCC(C(c4cccs4)N(C)C)CC3)n2)n1C. The first-order chi connectivity index (χ1) is 14.0. The van der Waals surface area contributed by atoms with Crippen molar-refractivity contribution in [2.75, 3.05) is 14.1 Å². The van der Waals surface area contributed by atoms with Crippen LogP contribution in [-0.4, -0.2) is 33.7 Å². The lowest BCUT2D eigenvalue weighted by Gasteiger charge is -2.36. The van der Waals surface area contributed by atoms with Gasteiger partial charge in [0, 0.05) is 23.7 Å². The minimum Gasteiger partial charge on any atom is -0.345 e. The molecule has 0 spiro atoms. The first-order valence-corrected chi connectivity index (χ1v) is 11.3. The molecule has 1 fully saturated rings. The van der Waals surface area contributed by atoms with Crippen molar-refractivity contribution in [2.45, 2.75) is 38.6 Å². The quantitative estimate of drug-likeness (QED) is 0.533. The van der Waals surface area contributed by atoms with Crippen LogP contribution in [-0.2, 0) is 7.05 Å². The molecule has 1 saturated carbocycles. The molecular weight excluding hydrogens is 380 g/mol. The molecule has 4 rings (SSSR count). The standard InChI is InChI=1S/C23H30N4OS/c1-16-7-13-19(27(16)4)23-24-21(28-25-23)14-10-17-8-11-18(12-9-17)22(26(2)3)20-6-5-15-29-20/h5-7,10,13-15,17-18,22H,8-9,11-12H2,1-4H3. The van der Waals surface area contributed by atoms with Gasteiger partial charge in [-0.3, -0.25) is 0 Å². The van der Waals surface area contributed by atoms with Gasteiger partial charge in [0.1, 0.15) is 0 Å². The number of aryl methyl sites for hydroxylation is 1. The van der Waals surface area contributed by atoms with Crippen LogP contribution >= 0.6 is 11.3 Å². The van der Waals surface area contributed by atoms with Gasteiger partial charge in [-0.05, 0) is 88.2 Å². The van der Waals surface area contributed by atoms with Gasteiger partial charge in [0.2, 0.25) is 5.82 Å². The number of aromatic nitrogens is 3. The fourth-order valence-electron chi connectivity index (χ4n) is 4.48. The third-order valence-electron chi connectivity index (χ3n) is 6.21. The molecule has 1 aliphatic carbocycles. The van der Waals surface area contributed by atoms with Gasteiger partial charge in [0.05, 0.1) is 5.69 Å². The molecule has 6 heteroatoms. The van der Waals surface area contributed by atoms with Crippen molar-refractivity contribution in [2.24, 2.45) is 18.9 Å². The van der Waals surface area contributed by atoms with Gasteiger partial charge in [-0.1, -0.05) is 17.3 Å². The summed E-state index contributed by atoms with van der Waals surface area (Å²) in [6.07, 6.45) is 9.21. The van der Waals surface area contributed by atoms with Crippen molar-refractivity contribution >= 4 is 17.4 Å². The summed E-state index contributed by atoms with van der Waals surface area (Å²) in [5, 5.41) is 6.34. The maximum absolute atomic E-state index is 5.45. The molecule has 3 aromatic heterocycles. The van der Waals surface area contributed by atoms with E-state index in [1.165, 1.54) is 36.3 Å². The van der Waals surface area contributed by atoms with E-state index in [9.17, 15) is 0 Å². The van der Waals surface area contributed by atoms with Crippen molar-refractivity contribution < 1.29 is 4.52 Å². The summed E-state index contributed by atoms with van der Waals surface area (Å²) in [4.78, 5) is 8.42. The van der Waals surface area contributed by atoms with Crippen LogP contribution in [0.3, 0.4) is 0 Å². The minimum atomic E-state index is 0.534. The highest BCUT2D eigenvalue weighted by atomic mass is 32.1. The highest BCUT2D eigenvalue weighted by Crippen LogP contribution is 2.41. The average molecular weight is 411 g/mol. The molecule has 154 valence electrons. The highest BCUT2D eigenvalue weighted by molar-refractivity contribution is 7.10. The summed E-state index contributed by atoms with van der Waals surface area (Å²) in [6.45, 7) is 2.07. The van der Waals surface area contributed by atoms with E-state index in [0.29, 0.717) is 23.7 Å². The lowest BCUT2D eigenvalue weighted by Crippen LogP contribution is -2.29. The number of hydrogen-bond acceptors (Lipinski definition) is 5. The topological polar surface area (TPSA) is 47.1 Å². The lowest BCUT2D eigenvalue weighted by molar-refractivity contribution is 0.162. The maximum Gasteiger partial charge on any atom is 0.250 e. The smallest absolute Gasteiger partial charge is 0.250 e. The summed E-state index contributed by atoms with van der Waals surface area (Å²) in [5.74, 6) is 2.55. The second-order valence-corrected chi connectivity index (χ2v) is 9.31. The van der Waals surface area contributed by atoms with E-state index in [0.717, 1.165) is 11.6 Å². The van der Waals surface area contributed by atoms with Crippen molar-refractivity contribution in [3.05, 3.63) is 52.2 Å². The van der Waals surface area contributed by atoms with Gasteiger partial charge in [0.15, 0.2) is 0 Å². The zero-order chi connectivity index (χ0) is 20.4. The highest BCUT2D eigenvalue weighted by Gasteiger charge is 2.29. The Balaban J connectivity index is 1.36. The van der Waals surface area contributed by atoms with Crippen LogP contribution in [0.2, 0.25) is 0 Å². The molecule has 0 amide bonds. The van der Waals surface area contributed by atoms with E-state index in [1.807, 2.05) is 30.5 Å². The second kappa shape index (κ2) is 8.67. The summed E-state index contributed by atoms with van der Waals surface area (Å²) >= 11 is 1.88. The first-order valence-electron chi connectivity index (χ1n) is 10.4. The van der Waals surface area contributed by atoms with E-state index in [-0.39, 0.29) is 0 Å². The molecule has 3 aromatic rings. The molecule has 0 N–H and O–H groups in total. The van der Waals surface area contributed by atoms with E-state index in [1.54, 1.807) is 0 Å². The van der Waals surface area contributed by atoms with E-state index in [2.05, 4.69) is 70.3 Å². The van der Waals surface area contributed by atoms with Crippen LogP contribution in [0.1, 0.15) is 48.2 Å². The number of allylic oxidation sites excluding steroid dienone is 1. The molecule has 0 aliphatic heterocycles. The Morgan fingerprint density at radius 3 is 2.62 bits per heavy atom. The zero-order valence-electron chi connectivity index (χ0n) is 17.7. The summed E-state index contributed by atoms with van der Waals surface area (Å²) in [5.41, 5.74) is 2.16. The maximum atomic E-state index is 5.45. The number of hydrogen-bond donors (Lipinski definition) is 0. The Kier molecular flexibility index (Phi) is 6.01. The summed E-state index contributed by atoms with van der Waals surface area (Å²) in [6, 6.07) is 9.08. The van der Waals surface area contributed by atoms with Gasteiger partial charge in [-0.2, -0.15) is 4.98 Å². The molecule has 3 heterocycles. The monoisotopic (exact) mass is 410 g/mol. The largest absolute Gasteiger partial charge is 0.345 e. The van der Waals surface area contributed by atoms with Crippen molar-refractivity contribution in [3.8, 4) is 11.5 Å². The molecule has 1 atom stereocenters.